The van der Waals surface area contributed by atoms with Gasteiger partial charge in [-0.3, -0.25) is 9.59 Å². The van der Waals surface area contributed by atoms with Crippen molar-refractivity contribution in [3.05, 3.63) is 33.3 Å². The molecule has 5 heteroatoms. The number of carbonyl (C=O) groups excluding carboxylic acids is 1. The van der Waals surface area contributed by atoms with Gasteiger partial charge in [-0.15, -0.1) is 0 Å². The highest BCUT2D eigenvalue weighted by Gasteiger charge is 2.27. The Hall–Kier alpha value is -0.870. The van der Waals surface area contributed by atoms with Gasteiger partial charge >= 0.3 is 5.97 Å². The summed E-state index contributed by atoms with van der Waals surface area (Å²) >= 11 is 9.20. The van der Waals surface area contributed by atoms with Crippen molar-refractivity contribution in [2.45, 2.75) is 13.8 Å². The smallest absolute Gasteiger partial charge is 0.306 e. The maximum absolute atomic E-state index is 12.1. The molecular formula is C12H12BrClO3. The summed E-state index contributed by atoms with van der Waals surface area (Å²) in [5.41, 5.74) is 0.357. The second-order valence-corrected chi connectivity index (χ2v) is 5.23. The fourth-order valence-corrected chi connectivity index (χ4v) is 2.14. The molecule has 92 valence electrons. The second kappa shape index (κ2) is 5.65. The first kappa shape index (κ1) is 14.2. The van der Waals surface area contributed by atoms with Gasteiger partial charge in [0.1, 0.15) is 0 Å². The molecule has 1 aromatic carbocycles. The molecule has 0 radical (unpaired) electrons. The maximum Gasteiger partial charge on any atom is 0.306 e. The highest BCUT2D eigenvalue weighted by Crippen LogP contribution is 2.26. The Labute approximate surface area is 113 Å². The summed E-state index contributed by atoms with van der Waals surface area (Å²) < 4.78 is 0.776. The van der Waals surface area contributed by atoms with E-state index in [0.29, 0.717) is 10.6 Å². The number of carboxylic acids is 1. The lowest BCUT2D eigenvalue weighted by Crippen LogP contribution is -2.25. The Balaban J connectivity index is 3.00. The molecule has 1 N–H and O–H groups in total. The number of ketones is 1. The van der Waals surface area contributed by atoms with Crippen molar-refractivity contribution in [2.75, 3.05) is 0 Å². The Morgan fingerprint density at radius 3 is 2.35 bits per heavy atom. The molecule has 1 aromatic rings. The normalized spacial score (nSPS) is 14.1. The minimum absolute atomic E-state index is 0.252. The number of rotatable bonds is 4. The van der Waals surface area contributed by atoms with Crippen LogP contribution in [0.1, 0.15) is 24.2 Å². The number of carboxylic acid groups (broad SMARTS) is 1. The molecule has 0 aromatic heterocycles. The van der Waals surface area contributed by atoms with E-state index in [-0.39, 0.29) is 5.78 Å². The largest absolute Gasteiger partial charge is 0.481 e. The van der Waals surface area contributed by atoms with E-state index in [1.807, 2.05) is 0 Å². The van der Waals surface area contributed by atoms with E-state index in [1.165, 1.54) is 6.92 Å². The van der Waals surface area contributed by atoms with Crippen molar-refractivity contribution in [2.24, 2.45) is 11.8 Å². The van der Waals surface area contributed by atoms with Gasteiger partial charge in [0, 0.05) is 16.0 Å². The fourth-order valence-electron chi connectivity index (χ4n) is 1.38. The van der Waals surface area contributed by atoms with Gasteiger partial charge in [0.2, 0.25) is 0 Å². The molecule has 0 aliphatic rings. The van der Waals surface area contributed by atoms with Gasteiger partial charge in [0.05, 0.1) is 10.9 Å². The minimum atomic E-state index is -0.987. The van der Waals surface area contributed by atoms with Crippen molar-refractivity contribution in [1.29, 1.82) is 0 Å². The van der Waals surface area contributed by atoms with Crippen LogP contribution >= 0.6 is 27.5 Å². The highest BCUT2D eigenvalue weighted by molar-refractivity contribution is 9.10. The minimum Gasteiger partial charge on any atom is -0.481 e. The first-order valence-corrected chi connectivity index (χ1v) is 6.23. The summed E-state index contributed by atoms with van der Waals surface area (Å²) in [4.78, 5) is 22.9. The molecule has 17 heavy (non-hydrogen) atoms. The van der Waals surface area contributed by atoms with E-state index in [4.69, 9.17) is 16.7 Å². The monoisotopic (exact) mass is 318 g/mol. The summed E-state index contributed by atoms with van der Waals surface area (Å²) in [6, 6.07) is 4.92. The quantitative estimate of drug-likeness (QED) is 0.862. The van der Waals surface area contributed by atoms with Crippen LogP contribution in [0.3, 0.4) is 0 Å². The number of hydrogen-bond donors (Lipinski definition) is 1. The maximum atomic E-state index is 12.1. The van der Waals surface area contributed by atoms with Crippen molar-refractivity contribution >= 4 is 39.3 Å². The van der Waals surface area contributed by atoms with Crippen LogP contribution in [-0.2, 0) is 4.79 Å². The first-order valence-electron chi connectivity index (χ1n) is 5.06. The second-order valence-electron chi connectivity index (χ2n) is 3.90. The molecule has 0 aliphatic heterocycles. The van der Waals surface area contributed by atoms with E-state index in [2.05, 4.69) is 15.9 Å². The molecule has 2 unspecified atom stereocenters. The van der Waals surface area contributed by atoms with Crippen LogP contribution in [0.5, 0.6) is 0 Å². The standard InChI is InChI=1S/C12H12BrClO3/c1-6(7(2)12(16)17)11(15)9-4-3-8(13)5-10(9)14/h3-7H,1-2H3,(H,16,17). The van der Waals surface area contributed by atoms with Crippen LogP contribution in [0.4, 0.5) is 0 Å². The molecule has 0 amide bonds. The van der Waals surface area contributed by atoms with Gasteiger partial charge in [0.15, 0.2) is 5.78 Å². The zero-order valence-electron chi connectivity index (χ0n) is 9.41. The molecule has 0 bridgehead atoms. The van der Waals surface area contributed by atoms with Gasteiger partial charge in [-0.2, -0.15) is 0 Å². The van der Waals surface area contributed by atoms with Crippen LogP contribution in [0.15, 0.2) is 22.7 Å². The Kier molecular flexibility index (Phi) is 4.71. The number of Topliss-reactive ketones (excluding diaryl/α,β-unsaturated/α-hetero) is 1. The summed E-state index contributed by atoms with van der Waals surface area (Å²) in [6.45, 7) is 3.11. The first-order chi connectivity index (χ1) is 7.84. The van der Waals surface area contributed by atoms with Crippen LogP contribution < -0.4 is 0 Å². The predicted octanol–water partition coefficient (Wildman–Crippen LogP) is 3.64. The lowest BCUT2D eigenvalue weighted by atomic mass is 9.88. The molecule has 1 rings (SSSR count). The van der Waals surface area contributed by atoms with E-state index < -0.39 is 17.8 Å². The van der Waals surface area contributed by atoms with E-state index in [9.17, 15) is 9.59 Å². The molecule has 0 saturated heterocycles. The molecule has 0 spiro atoms. The SMILES string of the molecule is CC(C(=O)O)C(C)C(=O)c1ccc(Br)cc1Cl. The van der Waals surface area contributed by atoms with Gasteiger partial charge in [-0.1, -0.05) is 41.4 Å². The van der Waals surface area contributed by atoms with Crippen LogP contribution in [0.2, 0.25) is 5.02 Å². The summed E-state index contributed by atoms with van der Waals surface area (Å²) in [5.74, 6) is -2.58. The molecule has 0 heterocycles. The topological polar surface area (TPSA) is 54.4 Å². The Morgan fingerprint density at radius 2 is 1.88 bits per heavy atom. The molecule has 3 nitrogen and oxygen atoms in total. The number of halogens is 2. The fraction of sp³-hybridized carbons (Fsp3) is 0.333. The molecule has 0 fully saturated rings. The summed E-state index contributed by atoms with van der Waals surface area (Å²) in [5, 5.41) is 9.20. The Morgan fingerprint density at radius 1 is 1.29 bits per heavy atom. The van der Waals surface area contributed by atoms with Crippen molar-refractivity contribution in [3.63, 3.8) is 0 Å². The lowest BCUT2D eigenvalue weighted by molar-refractivity contribution is -0.142. The van der Waals surface area contributed by atoms with Crippen LogP contribution in [0, 0.1) is 11.8 Å². The van der Waals surface area contributed by atoms with Crippen LogP contribution in [0.25, 0.3) is 0 Å². The third kappa shape index (κ3) is 3.30. The van der Waals surface area contributed by atoms with Gasteiger partial charge < -0.3 is 5.11 Å². The molecular weight excluding hydrogens is 307 g/mol. The summed E-state index contributed by atoms with van der Waals surface area (Å²) in [6.07, 6.45) is 0. The van der Waals surface area contributed by atoms with Gasteiger partial charge in [0.25, 0.3) is 0 Å². The average Bonchev–Trinajstić information content (AvgIpc) is 2.26. The van der Waals surface area contributed by atoms with Gasteiger partial charge in [-0.25, -0.2) is 0 Å². The number of hydrogen-bond acceptors (Lipinski definition) is 2. The van der Waals surface area contributed by atoms with E-state index in [0.717, 1.165) is 4.47 Å². The third-order valence-electron chi connectivity index (χ3n) is 2.75. The highest BCUT2D eigenvalue weighted by atomic mass is 79.9. The summed E-state index contributed by atoms with van der Waals surface area (Å²) in [7, 11) is 0. The van der Waals surface area contributed by atoms with E-state index >= 15 is 0 Å². The molecule has 0 saturated carbocycles. The number of benzene rings is 1. The zero-order valence-corrected chi connectivity index (χ0v) is 11.7. The van der Waals surface area contributed by atoms with Crippen LogP contribution in [-0.4, -0.2) is 16.9 Å². The predicted molar refractivity (Wildman–Crippen MR) is 69.4 cm³/mol. The Bertz CT molecular complexity index is 459. The van der Waals surface area contributed by atoms with Crippen molar-refractivity contribution in [3.8, 4) is 0 Å². The lowest BCUT2D eigenvalue weighted by Gasteiger charge is -2.15. The molecule has 0 aliphatic carbocycles. The third-order valence-corrected chi connectivity index (χ3v) is 3.56. The van der Waals surface area contributed by atoms with E-state index in [1.54, 1.807) is 25.1 Å². The van der Waals surface area contributed by atoms with Crippen molar-refractivity contribution in [1.82, 2.24) is 0 Å². The number of aliphatic carboxylic acids is 1. The number of carbonyl (C=O) groups is 2. The molecule has 2 atom stereocenters. The zero-order chi connectivity index (χ0) is 13.2. The van der Waals surface area contributed by atoms with Gasteiger partial charge in [-0.05, 0) is 18.2 Å². The van der Waals surface area contributed by atoms with Crippen molar-refractivity contribution < 1.29 is 14.7 Å². The average molecular weight is 320 g/mol.